The van der Waals surface area contributed by atoms with E-state index in [1.807, 2.05) is 12.1 Å². The molecule has 1 saturated heterocycles. The second-order valence-corrected chi connectivity index (χ2v) is 7.00. The summed E-state index contributed by atoms with van der Waals surface area (Å²) in [6.45, 7) is -0.333. The predicted octanol–water partition coefficient (Wildman–Crippen LogP) is 3.92. The van der Waals surface area contributed by atoms with Crippen molar-refractivity contribution in [2.75, 3.05) is 13.7 Å². The molecule has 0 unspecified atom stereocenters. The molecule has 0 bridgehead atoms. The Kier molecular flexibility index (Phi) is 5.25. The first-order valence-corrected chi connectivity index (χ1v) is 9.52. The normalized spacial score (nSPS) is 20.7. The number of amides is 1. The molecule has 1 aliphatic heterocycles. The minimum absolute atomic E-state index is 0.322. The van der Waals surface area contributed by atoms with Gasteiger partial charge in [-0.15, -0.1) is 0 Å². The Morgan fingerprint density at radius 2 is 1.60 bits per heavy atom. The van der Waals surface area contributed by atoms with Gasteiger partial charge >= 0.3 is 6.09 Å². The Morgan fingerprint density at radius 1 is 1.00 bits per heavy atom. The molecule has 0 aromatic heterocycles. The van der Waals surface area contributed by atoms with Crippen LogP contribution >= 0.6 is 0 Å². The number of ether oxygens (including phenoxy) is 2. The first-order valence-electron chi connectivity index (χ1n) is 9.52. The van der Waals surface area contributed by atoms with E-state index in [1.54, 1.807) is 79.9 Å². The molecule has 3 aromatic rings. The first-order chi connectivity index (χ1) is 14.5. The van der Waals surface area contributed by atoms with Crippen molar-refractivity contribution in [3.63, 3.8) is 0 Å². The molecule has 6 nitrogen and oxygen atoms in total. The van der Waals surface area contributed by atoms with Gasteiger partial charge in [0, 0.05) is 11.1 Å². The third-order valence-electron chi connectivity index (χ3n) is 5.23. The SMILES string of the molecule is COc1ccc(C(=O)CN2C(=O)O[C@H](c3ccccc3)[C@@]2(O)c2ccccc2)cc1. The number of rotatable bonds is 6. The summed E-state index contributed by atoms with van der Waals surface area (Å²) >= 11 is 0. The summed E-state index contributed by atoms with van der Waals surface area (Å²) in [6, 6.07) is 24.4. The van der Waals surface area contributed by atoms with Crippen molar-refractivity contribution >= 4 is 11.9 Å². The lowest BCUT2D eigenvalue weighted by Crippen LogP contribution is -2.48. The number of carbonyl (C=O) groups excluding carboxylic acids is 2. The van der Waals surface area contributed by atoms with E-state index in [1.165, 1.54) is 0 Å². The monoisotopic (exact) mass is 403 g/mol. The zero-order valence-corrected chi connectivity index (χ0v) is 16.4. The van der Waals surface area contributed by atoms with Gasteiger partial charge in [0.2, 0.25) is 5.72 Å². The number of hydrogen-bond donors (Lipinski definition) is 1. The van der Waals surface area contributed by atoms with E-state index < -0.39 is 17.9 Å². The van der Waals surface area contributed by atoms with Crippen molar-refractivity contribution in [1.82, 2.24) is 4.90 Å². The van der Waals surface area contributed by atoms with Crippen LogP contribution in [0.15, 0.2) is 84.9 Å². The van der Waals surface area contributed by atoms with E-state index in [0.717, 1.165) is 4.90 Å². The van der Waals surface area contributed by atoms with Crippen molar-refractivity contribution in [3.05, 3.63) is 102 Å². The fourth-order valence-electron chi connectivity index (χ4n) is 3.64. The predicted molar refractivity (Wildman–Crippen MR) is 110 cm³/mol. The minimum atomic E-state index is -1.83. The van der Waals surface area contributed by atoms with Gasteiger partial charge in [-0.05, 0) is 29.8 Å². The van der Waals surface area contributed by atoms with Gasteiger partial charge in [-0.25, -0.2) is 4.79 Å². The molecule has 6 heteroatoms. The molecule has 1 aliphatic rings. The molecule has 1 N–H and O–H groups in total. The highest BCUT2D eigenvalue weighted by Crippen LogP contribution is 2.46. The number of nitrogens with zero attached hydrogens (tertiary/aromatic N) is 1. The van der Waals surface area contributed by atoms with E-state index in [4.69, 9.17) is 9.47 Å². The molecule has 0 radical (unpaired) electrons. The smallest absolute Gasteiger partial charge is 0.413 e. The molecule has 0 spiro atoms. The van der Waals surface area contributed by atoms with Crippen LogP contribution in [-0.4, -0.2) is 35.5 Å². The van der Waals surface area contributed by atoms with Crippen LogP contribution in [0.3, 0.4) is 0 Å². The van der Waals surface area contributed by atoms with Crippen LogP contribution in [0.25, 0.3) is 0 Å². The molecule has 1 amide bonds. The number of ketones is 1. The van der Waals surface area contributed by atoms with Crippen molar-refractivity contribution in [1.29, 1.82) is 0 Å². The molecule has 152 valence electrons. The van der Waals surface area contributed by atoms with E-state index >= 15 is 0 Å². The van der Waals surface area contributed by atoms with Crippen LogP contribution in [0, 0.1) is 0 Å². The van der Waals surface area contributed by atoms with Crippen molar-refractivity contribution in [3.8, 4) is 5.75 Å². The summed E-state index contributed by atoms with van der Waals surface area (Å²) in [6.07, 6.45) is -1.73. The number of cyclic esters (lactones) is 1. The summed E-state index contributed by atoms with van der Waals surface area (Å²) in [5, 5.41) is 11.8. The van der Waals surface area contributed by atoms with Crippen LogP contribution in [-0.2, 0) is 10.5 Å². The fourth-order valence-corrected chi connectivity index (χ4v) is 3.64. The minimum Gasteiger partial charge on any atom is -0.497 e. The third kappa shape index (κ3) is 3.42. The van der Waals surface area contributed by atoms with Crippen molar-refractivity contribution in [2.45, 2.75) is 11.8 Å². The highest BCUT2D eigenvalue weighted by Gasteiger charge is 2.56. The van der Waals surface area contributed by atoms with E-state index in [9.17, 15) is 14.7 Å². The van der Waals surface area contributed by atoms with Gasteiger partial charge in [0.15, 0.2) is 11.9 Å². The lowest BCUT2D eigenvalue weighted by molar-refractivity contribution is -0.106. The number of aliphatic hydroxyl groups is 1. The molecule has 0 aliphatic carbocycles. The quantitative estimate of drug-likeness (QED) is 0.632. The van der Waals surface area contributed by atoms with Gasteiger partial charge in [-0.1, -0.05) is 60.7 Å². The maximum Gasteiger partial charge on any atom is 0.413 e. The molecule has 4 rings (SSSR count). The maximum absolute atomic E-state index is 12.9. The molecular formula is C24H21NO5. The Labute approximate surface area is 174 Å². The summed E-state index contributed by atoms with van der Waals surface area (Å²) in [7, 11) is 1.54. The van der Waals surface area contributed by atoms with Gasteiger partial charge in [-0.3, -0.25) is 9.69 Å². The maximum atomic E-state index is 12.9. The zero-order valence-electron chi connectivity index (χ0n) is 16.4. The van der Waals surface area contributed by atoms with E-state index in [2.05, 4.69) is 0 Å². The van der Waals surface area contributed by atoms with Gasteiger partial charge in [0.05, 0.1) is 13.7 Å². The van der Waals surface area contributed by atoms with Gasteiger partial charge in [0.1, 0.15) is 5.75 Å². The highest BCUT2D eigenvalue weighted by atomic mass is 16.6. The zero-order chi connectivity index (χ0) is 21.1. The van der Waals surface area contributed by atoms with Crippen LogP contribution in [0.2, 0.25) is 0 Å². The molecule has 3 aromatic carbocycles. The lowest BCUT2D eigenvalue weighted by Gasteiger charge is -2.34. The van der Waals surface area contributed by atoms with E-state index in [-0.39, 0.29) is 12.3 Å². The van der Waals surface area contributed by atoms with E-state index in [0.29, 0.717) is 22.4 Å². The fraction of sp³-hybridized carbons (Fsp3) is 0.167. The average Bonchev–Trinajstić information content (AvgIpc) is 3.06. The molecule has 1 fully saturated rings. The Morgan fingerprint density at radius 3 is 2.20 bits per heavy atom. The molecule has 0 saturated carbocycles. The Bertz CT molecular complexity index is 1040. The lowest BCUT2D eigenvalue weighted by atomic mass is 9.91. The Hall–Kier alpha value is -3.64. The van der Waals surface area contributed by atoms with Crippen LogP contribution < -0.4 is 4.74 Å². The highest BCUT2D eigenvalue weighted by molar-refractivity contribution is 5.99. The number of benzene rings is 3. The Balaban J connectivity index is 1.71. The summed E-state index contributed by atoms with van der Waals surface area (Å²) in [4.78, 5) is 26.8. The molecular weight excluding hydrogens is 382 g/mol. The van der Waals surface area contributed by atoms with Gasteiger partial charge in [-0.2, -0.15) is 0 Å². The first kappa shape index (κ1) is 19.7. The van der Waals surface area contributed by atoms with Gasteiger partial charge in [0.25, 0.3) is 0 Å². The molecule has 2 atom stereocenters. The average molecular weight is 403 g/mol. The van der Waals surface area contributed by atoms with Crippen LogP contribution in [0.4, 0.5) is 4.79 Å². The summed E-state index contributed by atoms with van der Waals surface area (Å²) < 4.78 is 10.7. The second kappa shape index (κ2) is 8.00. The molecule has 30 heavy (non-hydrogen) atoms. The van der Waals surface area contributed by atoms with Crippen molar-refractivity contribution < 1.29 is 24.2 Å². The third-order valence-corrected chi connectivity index (χ3v) is 5.23. The number of hydrogen-bond acceptors (Lipinski definition) is 5. The van der Waals surface area contributed by atoms with Gasteiger partial charge < -0.3 is 14.6 Å². The number of carbonyl (C=O) groups is 2. The largest absolute Gasteiger partial charge is 0.497 e. The van der Waals surface area contributed by atoms with Crippen LogP contribution in [0.5, 0.6) is 5.75 Å². The topological polar surface area (TPSA) is 76.1 Å². The number of Topliss-reactive ketones (excluding diaryl/α,β-unsaturated/α-hetero) is 1. The second-order valence-electron chi connectivity index (χ2n) is 7.00. The summed E-state index contributed by atoms with van der Waals surface area (Å²) in [5.74, 6) is 0.301. The number of methoxy groups -OCH3 is 1. The van der Waals surface area contributed by atoms with Crippen LogP contribution in [0.1, 0.15) is 27.6 Å². The summed E-state index contributed by atoms with van der Waals surface area (Å²) in [5.41, 5.74) is -0.326. The molecule has 1 heterocycles. The standard InChI is InChI=1S/C24H21NO5/c1-29-20-14-12-17(13-15-20)21(26)16-25-23(27)30-22(18-8-4-2-5-9-18)24(25,28)19-10-6-3-7-11-19/h2-15,22,28H,16H2,1H3/t22-,24+/m1/s1. The van der Waals surface area contributed by atoms with Crippen molar-refractivity contribution in [2.24, 2.45) is 0 Å².